The second-order valence-corrected chi connectivity index (χ2v) is 5.75. The summed E-state index contributed by atoms with van der Waals surface area (Å²) in [6, 6.07) is 6.44. The highest BCUT2D eigenvalue weighted by Gasteiger charge is 2.22. The SMILES string of the molecule is Cc1ccc(OCC2CCC(C)O2)c(CC(C)N)c1. The lowest BCUT2D eigenvalue weighted by Gasteiger charge is -2.17. The molecule has 0 aliphatic carbocycles. The molecule has 0 amide bonds. The van der Waals surface area contributed by atoms with Crippen molar-refractivity contribution in [2.75, 3.05) is 6.61 Å². The summed E-state index contributed by atoms with van der Waals surface area (Å²) in [6.45, 7) is 6.87. The Kier molecular flexibility index (Phi) is 4.83. The molecule has 3 unspecified atom stereocenters. The third-order valence-corrected chi connectivity index (χ3v) is 3.50. The zero-order chi connectivity index (χ0) is 13.8. The number of benzene rings is 1. The lowest BCUT2D eigenvalue weighted by atomic mass is 10.0. The summed E-state index contributed by atoms with van der Waals surface area (Å²) in [5, 5.41) is 0. The molecular weight excluding hydrogens is 238 g/mol. The van der Waals surface area contributed by atoms with Crippen molar-refractivity contribution in [1.29, 1.82) is 0 Å². The molecule has 1 aromatic carbocycles. The molecule has 2 rings (SSSR count). The molecule has 1 aliphatic heterocycles. The summed E-state index contributed by atoms with van der Waals surface area (Å²) >= 11 is 0. The predicted molar refractivity (Wildman–Crippen MR) is 77.6 cm³/mol. The first kappa shape index (κ1) is 14.4. The van der Waals surface area contributed by atoms with Crippen LogP contribution in [0.4, 0.5) is 0 Å². The van der Waals surface area contributed by atoms with Crippen molar-refractivity contribution in [2.24, 2.45) is 5.73 Å². The molecule has 19 heavy (non-hydrogen) atoms. The monoisotopic (exact) mass is 263 g/mol. The van der Waals surface area contributed by atoms with E-state index in [9.17, 15) is 0 Å². The molecule has 1 heterocycles. The third kappa shape index (κ3) is 4.22. The summed E-state index contributed by atoms with van der Waals surface area (Å²) < 4.78 is 11.7. The molecule has 1 saturated heterocycles. The van der Waals surface area contributed by atoms with Gasteiger partial charge in [0.15, 0.2) is 0 Å². The van der Waals surface area contributed by atoms with Crippen LogP contribution in [-0.4, -0.2) is 24.9 Å². The molecule has 3 atom stereocenters. The van der Waals surface area contributed by atoms with Gasteiger partial charge in [-0.3, -0.25) is 0 Å². The van der Waals surface area contributed by atoms with E-state index in [0.717, 1.165) is 25.0 Å². The van der Waals surface area contributed by atoms with Gasteiger partial charge in [0.2, 0.25) is 0 Å². The molecule has 0 bridgehead atoms. The van der Waals surface area contributed by atoms with Crippen molar-refractivity contribution < 1.29 is 9.47 Å². The lowest BCUT2D eigenvalue weighted by Crippen LogP contribution is -2.21. The molecule has 1 fully saturated rings. The molecule has 0 radical (unpaired) electrons. The van der Waals surface area contributed by atoms with Crippen LogP contribution >= 0.6 is 0 Å². The smallest absolute Gasteiger partial charge is 0.122 e. The Balaban J connectivity index is 1.98. The quantitative estimate of drug-likeness (QED) is 0.888. The first-order valence-electron chi connectivity index (χ1n) is 7.18. The van der Waals surface area contributed by atoms with Gasteiger partial charge in [-0.25, -0.2) is 0 Å². The molecular formula is C16H25NO2. The molecule has 0 spiro atoms. The van der Waals surface area contributed by atoms with E-state index in [-0.39, 0.29) is 12.1 Å². The molecule has 0 aromatic heterocycles. The lowest BCUT2D eigenvalue weighted by molar-refractivity contribution is 0.0262. The van der Waals surface area contributed by atoms with Crippen LogP contribution in [-0.2, 0) is 11.2 Å². The van der Waals surface area contributed by atoms with Crippen molar-refractivity contribution in [3.05, 3.63) is 29.3 Å². The second-order valence-electron chi connectivity index (χ2n) is 5.75. The summed E-state index contributed by atoms with van der Waals surface area (Å²) in [5.74, 6) is 0.950. The minimum atomic E-state index is 0.145. The number of nitrogens with two attached hydrogens (primary N) is 1. The Labute approximate surface area is 116 Å². The van der Waals surface area contributed by atoms with Crippen LogP contribution in [0.25, 0.3) is 0 Å². The largest absolute Gasteiger partial charge is 0.491 e. The fraction of sp³-hybridized carbons (Fsp3) is 0.625. The normalized spacial score (nSPS) is 24.4. The van der Waals surface area contributed by atoms with Crippen molar-refractivity contribution in [1.82, 2.24) is 0 Å². The van der Waals surface area contributed by atoms with Gasteiger partial charge in [-0.1, -0.05) is 17.7 Å². The fourth-order valence-electron chi connectivity index (χ4n) is 2.55. The molecule has 0 saturated carbocycles. The molecule has 3 heteroatoms. The van der Waals surface area contributed by atoms with Crippen LogP contribution in [0.1, 0.15) is 37.8 Å². The summed E-state index contributed by atoms with van der Waals surface area (Å²) in [6.07, 6.45) is 3.68. The van der Waals surface area contributed by atoms with Gasteiger partial charge in [0.1, 0.15) is 12.4 Å². The summed E-state index contributed by atoms with van der Waals surface area (Å²) in [5.41, 5.74) is 8.34. The van der Waals surface area contributed by atoms with Crippen molar-refractivity contribution in [2.45, 2.75) is 58.3 Å². The minimum absolute atomic E-state index is 0.145. The van der Waals surface area contributed by atoms with Crippen LogP contribution < -0.4 is 10.5 Å². The Hall–Kier alpha value is -1.06. The van der Waals surface area contributed by atoms with E-state index in [2.05, 4.69) is 26.0 Å². The molecule has 2 N–H and O–H groups in total. The third-order valence-electron chi connectivity index (χ3n) is 3.50. The van der Waals surface area contributed by atoms with Gasteiger partial charge in [-0.15, -0.1) is 0 Å². The number of rotatable bonds is 5. The Bertz CT molecular complexity index is 417. The van der Waals surface area contributed by atoms with Crippen molar-refractivity contribution >= 4 is 0 Å². The number of hydrogen-bond acceptors (Lipinski definition) is 3. The van der Waals surface area contributed by atoms with E-state index < -0.39 is 0 Å². The van der Waals surface area contributed by atoms with Gasteiger partial charge in [0.25, 0.3) is 0 Å². The van der Waals surface area contributed by atoms with Gasteiger partial charge in [-0.2, -0.15) is 0 Å². The van der Waals surface area contributed by atoms with Gasteiger partial charge in [0.05, 0.1) is 12.2 Å². The number of ether oxygens (including phenoxy) is 2. The topological polar surface area (TPSA) is 44.5 Å². The standard InChI is InChI=1S/C16H25NO2/c1-11-4-7-16(14(8-11)9-12(2)17)18-10-15-6-5-13(3)19-15/h4,7-8,12-13,15H,5-6,9-10,17H2,1-3H3. The van der Waals surface area contributed by atoms with Crippen molar-refractivity contribution in [3.63, 3.8) is 0 Å². The Morgan fingerprint density at radius 1 is 1.42 bits per heavy atom. The summed E-state index contributed by atoms with van der Waals surface area (Å²) in [7, 11) is 0. The zero-order valence-electron chi connectivity index (χ0n) is 12.2. The maximum absolute atomic E-state index is 5.94. The molecule has 106 valence electrons. The van der Waals surface area contributed by atoms with Crippen LogP contribution in [0.3, 0.4) is 0 Å². The highest BCUT2D eigenvalue weighted by Crippen LogP contribution is 2.24. The average molecular weight is 263 g/mol. The Morgan fingerprint density at radius 2 is 2.21 bits per heavy atom. The zero-order valence-corrected chi connectivity index (χ0v) is 12.2. The van der Waals surface area contributed by atoms with E-state index in [1.165, 1.54) is 11.1 Å². The molecule has 1 aromatic rings. The van der Waals surface area contributed by atoms with E-state index >= 15 is 0 Å². The van der Waals surface area contributed by atoms with Gasteiger partial charge in [0, 0.05) is 6.04 Å². The van der Waals surface area contributed by atoms with Gasteiger partial charge in [-0.05, 0) is 51.7 Å². The van der Waals surface area contributed by atoms with E-state index in [1.807, 2.05) is 13.0 Å². The van der Waals surface area contributed by atoms with E-state index in [0.29, 0.717) is 12.7 Å². The highest BCUT2D eigenvalue weighted by atomic mass is 16.5. The minimum Gasteiger partial charge on any atom is -0.491 e. The number of hydrogen-bond donors (Lipinski definition) is 1. The highest BCUT2D eigenvalue weighted by molar-refractivity contribution is 5.37. The van der Waals surface area contributed by atoms with Crippen molar-refractivity contribution in [3.8, 4) is 5.75 Å². The first-order valence-corrected chi connectivity index (χ1v) is 7.18. The number of aryl methyl sites for hydroxylation is 1. The van der Waals surface area contributed by atoms with E-state index in [1.54, 1.807) is 0 Å². The van der Waals surface area contributed by atoms with Gasteiger partial charge < -0.3 is 15.2 Å². The predicted octanol–water partition coefficient (Wildman–Crippen LogP) is 2.83. The van der Waals surface area contributed by atoms with Gasteiger partial charge >= 0.3 is 0 Å². The second kappa shape index (κ2) is 6.40. The van der Waals surface area contributed by atoms with Crippen LogP contribution in [0, 0.1) is 6.92 Å². The first-order chi connectivity index (χ1) is 9.04. The van der Waals surface area contributed by atoms with Crippen LogP contribution in [0.2, 0.25) is 0 Å². The van der Waals surface area contributed by atoms with Crippen LogP contribution in [0.15, 0.2) is 18.2 Å². The maximum atomic E-state index is 5.94. The van der Waals surface area contributed by atoms with E-state index in [4.69, 9.17) is 15.2 Å². The average Bonchev–Trinajstić information content (AvgIpc) is 2.73. The van der Waals surface area contributed by atoms with Crippen LogP contribution in [0.5, 0.6) is 5.75 Å². The molecule has 3 nitrogen and oxygen atoms in total. The summed E-state index contributed by atoms with van der Waals surface area (Å²) in [4.78, 5) is 0. The maximum Gasteiger partial charge on any atom is 0.122 e. The molecule has 1 aliphatic rings. The Morgan fingerprint density at radius 3 is 2.84 bits per heavy atom. The fourth-order valence-corrected chi connectivity index (χ4v) is 2.55.